The van der Waals surface area contributed by atoms with Crippen LogP contribution in [0.4, 0.5) is 11.4 Å². The maximum absolute atomic E-state index is 12.5. The summed E-state index contributed by atoms with van der Waals surface area (Å²) in [5.74, 6) is -0.296. The first kappa shape index (κ1) is 22.8. The second-order valence-corrected chi connectivity index (χ2v) is 8.43. The number of nitrogens with zero attached hydrogens (tertiary/aromatic N) is 1. The van der Waals surface area contributed by atoms with Crippen LogP contribution < -0.4 is 20.3 Å². The first-order valence-corrected chi connectivity index (χ1v) is 11.3. The quantitative estimate of drug-likeness (QED) is 0.643. The van der Waals surface area contributed by atoms with Gasteiger partial charge in [0.1, 0.15) is 5.75 Å². The lowest BCUT2D eigenvalue weighted by Gasteiger charge is -2.18. The van der Waals surface area contributed by atoms with Gasteiger partial charge in [-0.05, 0) is 55.7 Å². The summed E-state index contributed by atoms with van der Waals surface area (Å²) in [5, 5.41) is 5.74. The first-order chi connectivity index (χ1) is 16.0. The van der Waals surface area contributed by atoms with Crippen LogP contribution in [0.3, 0.4) is 0 Å². The van der Waals surface area contributed by atoms with Crippen LogP contribution in [0.1, 0.15) is 24.8 Å². The molecular weight excluding hydrogens is 422 g/mol. The Labute approximate surface area is 193 Å². The molecule has 4 rings (SSSR count). The number of nitrogens with one attached hydrogen (secondary N) is 2. The number of para-hydroxylation sites is 1. The minimum atomic E-state index is -0.375. The minimum Gasteiger partial charge on any atom is -0.484 e. The summed E-state index contributed by atoms with van der Waals surface area (Å²) in [5.41, 5.74) is 2.43. The Hall–Kier alpha value is -3.39. The Morgan fingerprint density at radius 3 is 2.67 bits per heavy atom. The van der Waals surface area contributed by atoms with Gasteiger partial charge in [0, 0.05) is 37.5 Å². The summed E-state index contributed by atoms with van der Waals surface area (Å²) in [7, 11) is 0. The number of anilines is 2. The van der Waals surface area contributed by atoms with Gasteiger partial charge in [0.2, 0.25) is 11.8 Å². The summed E-state index contributed by atoms with van der Waals surface area (Å²) in [4.78, 5) is 38.7. The van der Waals surface area contributed by atoms with Crippen molar-refractivity contribution in [2.24, 2.45) is 5.92 Å². The maximum Gasteiger partial charge on any atom is 0.262 e. The van der Waals surface area contributed by atoms with Crippen molar-refractivity contribution in [2.45, 2.75) is 32.3 Å². The van der Waals surface area contributed by atoms with E-state index in [2.05, 4.69) is 10.6 Å². The van der Waals surface area contributed by atoms with Gasteiger partial charge in [0.05, 0.1) is 12.0 Å². The smallest absolute Gasteiger partial charge is 0.262 e. The lowest BCUT2D eigenvalue weighted by atomic mass is 10.1. The van der Waals surface area contributed by atoms with E-state index in [1.807, 2.05) is 31.2 Å². The molecule has 0 spiro atoms. The van der Waals surface area contributed by atoms with Crippen LogP contribution in [0, 0.1) is 12.8 Å². The topological polar surface area (TPSA) is 97.0 Å². The highest BCUT2D eigenvalue weighted by molar-refractivity contribution is 6.00. The Morgan fingerprint density at radius 1 is 1.15 bits per heavy atom. The zero-order valence-corrected chi connectivity index (χ0v) is 18.7. The van der Waals surface area contributed by atoms with Gasteiger partial charge in [0.15, 0.2) is 6.61 Å². The van der Waals surface area contributed by atoms with Crippen molar-refractivity contribution in [3.63, 3.8) is 0 Å². The standard InChI is InChI=1S/C25H29N3O5/c1-17-5-2-3-7-22(17)27-23(29)16-33-20-10-8-19(9-11-20)28-15-18(13-24(28)30)25(31)26-14-21-6-4-12-32-21/h2-3,5,7-11,18,21H,4,6,12-16H2,1H3,(H,26,31)(H,27,29)/t18-,21-/m1/s1. The van der Waals surface area contributed by atoms with Gasteiger partial charge < -0.3 is 25.0 Å². The highest BCUT2D eigenvalue weighted by atomic mass is 16.5. The van der Waals surface area contributed by atoms with E-state index in [1.165, 1.54) is 0 Å². The Balaban J connectivity index is 1.26. The third-order valence-electron chi connectivity index (χ3n) is 5.96. The molecule has 2 aliphatic rings. The molecular formula is C25H29N3O5. The van der Waals surface area contributed by atoms with Crippen LogP contribution in [-0.2, 0) is 19.1 Å². The van der Waals surface area contributed by atoms with E-state index >= 15 is 0 Å². The van der Waals surface area contributed by atoms with Crippen molar-refractivity contribution in [3.8, 4) is 5.75 Å². The predicted octanol–water partition coefficient (Wildman–Crippen LogP) is 2.66. The number of aryl methyl sites for hydroxylation is 1. The number of hydrogen-bond acceptors (Lipinski definition) is 5. The molecule has 0 aromatic heterocycles. The van der Waals surface area contributed by atoms with Crippen molar-refractivity contribution in [1.82, 2.24) is 5.32 Å². The Bertz CT molecular complexity index is 1000. The van der Waals surface area contributed by atoms with Gasteiger partial charge in [0.25, 0.3) is 5.91 Å². The molecule has 2 aromatic carbocycles. The average molecular weight is 452 g/mol. The van der Waals surface area contributed by atoms with Crippen LogP contribution in [0.2, 0.25) is 0 Å². The summed E-state index contributed by atoms with van der Waals surface area (Å²) >= 11 is 0. The number of amides is 3. The molecule has 0 unspecified atom stereocenters. The molecule has 2 saturated heterocycles. The van der Waals surface area contributed by atoms with Crippen LogP contribution in [0.15, 0.2) is 48.5 Å². The summed E-state index contributed by atoms with van der Waals surface area (Å²) in [6.07, 6.45) is 2.24. The van der Waals surface area contributed by atoms with Gasteiger partial charge in [-0.1, -0.05) is 18.2 Å². The largest absolute Gasteiger partial charge is 0.484 e. The SMILES string of the molecule is Cc1ccccc1NC(=O)COc1ccc(N2C[C@H](C(=O)NC[C@H]3CCCO3)CC2=O)cc1. The Kier molecular flexibility index (Phi) is 7.24. The normalized spacial score (nSPS) is 20.0. The zero-order valence-electron chi connectivity index (χ0n) is 18.7. The highest BCUT2D eigenvalue weighted by Gasteiger charge is 2.35. The zero-order chi connectivity index (χ0) is 23.2. The molecule has 2 atom stereocenters. The first-order valence-electron chi connectivity index (χ1n) is 11.3. The van der Waals surface area contributed by atoms with Crippen LogP contribution in [0.25, 0.3) is 0 Å². The molecule has 0 bridgehead atoms. The Morgan fingerprint density at radius 2 is 1.94 bits per heavy atom. The number of rotatable bonds is 8. The van der Waals surface area contributed by atoms with Crippen molar-refractivity contribution in [3.05, 3.63) is 54.1 Å². The number of benzene rings is 2. The third kappa shape index (κ3) is 5.90. The second kappa shape index (κ2) is 10.5. The molecule has 8 heteroatoms. The fraction of sp³-hybridized carbons (Fsp3) is 0.400. The van der Waals surface area contributed by atoms with Crippen molar-refractivity contribution >= 4 is 29.1 Å². The predicted molar refractivity (Wildman–Crippen MR) is 124 cm³/mol. The number of hydrogen-bond donors (Lipinski definition) is 2. The van der Waals surface area contributed by atoms with Gasteiger partial charge in [-0.15, -0.1) is 0 Å². The number of ether oxygens (including phenoxy) is 2. The lowest BCUT2D eigenvalue weighted by molar-refractivity contribution is -0.126. The number of carbonyl (C=O) groups is 3. The molecule has 8 nitrogen and oxygen atoms in total. The molecule has 2 aliphatic heterocycles. The molecule has 3 amide bonds. The molecule has 2 heterocycles. The van der Waals surface area contributed by atoms with Crippen LogP contribution >= 0.6 is 0 Å². The molecule has 0 aliphatic carbocycles. The van der Waals surface area contributed by atoms with Crippen LogP contribution in [-0.4, -0.2) is 50.1 Å². The third-order valence-corrected chi connectivity index (χ3v) is 5.96. The minimum absolute atomic E-state index is 0.0773. The van der Waals surface area contributed by atoms with E-state index in [1.54, 1.807) is 29.2 Å². The average Bonchev–Trinajstić information content (AvgIpc) is 3.48. The lowest BCUT2D eigenvalue weighted by Crippen LogP contribution is -2.37. The van der Waals surface area contributed by atoms with Gasteiger partial charge in [-0.3, -0.25) is 14.4 Å². The van der Waals surface area contributed by atoms with Crippen LogP contribution in [0.5, 0.6) is 5.75 Å². The molecule has 33 heavy (non-hydrogen) atoms. The molecule has 2 aromatic rings. The van der Waals surface area contributed by atoms with E-state index in [-0.39, 0.29) is 42.8 Å². The monoisotopic (exact) mass is 451 g/mol. The van der Waals surface area contributed by atoms with E-state index in [9.17, 15) is 14.4 Å². The van der Waals surface area contributed by atoms with Crippen molar-refractivity contribution in [1.29, 1.82) is 0 Å². The summed E-state index contributed by atoms with van der Waals surface area (Å²) < 4.78 is 11.1. The molecule has 2 N–H and O–H groups in total. The molecule has 174 valence electrons. The van der Waals surface area contributed by atoms with E-state index in [0.717, 1.165) is 30.7 Å². The molecule has 0 saturated carbocycles. The van der Waals surface area contributed by atoms with Crippen molar-refractivity contribution in [2.75, 3.05) is 36.5 Å². The van der Waals surface area contributed by atoms with E-state index in [0.29, 0.717) is 24.5 Å². The van der Waals surface area contributed by atoms with Gasteiger partial charge >= 0.3 is 0 Å². The van der Waals surface area contributed by atoms with E-state index < -0.39 is 0 Å². The van der Waals surface area contributed by atoms with E-state index in [4.69, 9.17) is 9.47 Å². The summed E-state index contributed by atoms with van der Waals surface area (Å²) in [6, 6.07) is 14.5. The molecule has 0 radical (unpaired) electrons. The van der Waals surface area contributed by atoms with Gasteiger partial charge in [-0.2, -0.15) is 0 Å². The molecule has 2 fully saturated rings. The van der Waals surface area contributed by atoms with Crippen molar-refractivity contribution < 1.29 is 23.9 Å². The fourth-order valence-corrected chi connectivity index (χ4v) is 4.07. The summed E-state index contributed by atoms with van der Waals surface area (Å²) in [6.45, 7) is 3.38. The number of carbonyl (C=O) groups excluding carboxylic acids is 3. The maximum atomic E-state index is 12.5. The second-order valence-electron chi connectivity index (χ2n) is 8.43. The fourth-order valence-electron chi connectivity index (χ4n) is 4.07. The highest BCUT2D eigenvalue weighted by Crippen LogP contribution is 2.27. The van der Waals surface area contributed by atoms with Gasteiger partial charge in [-0.25, -0.2) is 0 Å².